The minimum absolute atomic E-state index is 0.0985. The molecule has 260 valence electrons. The van der Waals surface area contributed by atoms with Crippen molar-refractivity contribution in [2.45, 2.75) is 97.2 Å². The number of benzene rings is 4. The second-order valence-electron chi connectivity index (χ2n) is 13.7. The summed E-state index contributed by atoms with van der Waals surface area (Å²) in [6.45, 7) is 9.72. The van der Waals surface area contributed by atoms with Crippen LogP contribution in [0.3, 0.4) is 0 Å². The number of phenols is 1. The number of unbranched alkanes of at least 4 members (excludes halogenated alkanes) is 5. The van der Waals surface area contributed by atoms with Gasteiger partial charge in [0.25, 0.3) is 5.91 Å². The molecule has 0 bridgehead atoms. The van der Waals surface area contributed by atoms with Crippen LogP contribution in [0, 0.1) is 6.92 Å². The molecule has 8 nitrogen and oxygen atoms in total. The number of amides is 3. The Labute approximate surface area is 290 Å². The Balaban J connectivity index is 1.74. The first-order chi connectivity index (χ1) is 23.4. The summed E-state index contributed by atoms with van der Waals surface area (Å²) in [6, 6.07) is 25.8. The van der Waals surface area contributed by atoms with Crippen molar-refractivity contribution in [2.24, 2.45) is 0 Å². The summed E-state index contributed by atoms with van der Waals surface area (Å²) in [6.07, 6.45) is 5.42. The Morgan fingerprint density at radius 2 is 1.47 bits per heavy atom. The monoisotopic (exact) mass is 665 g/mol. The summed E-state index contributed by atoms with van der Waals surface area (Å²) in [7, 11) is 0. The van der Waals surface area contributed by atoms with Crippen LogP contribution in [0.4, 0.5) is 10.5 Å². The van der Waals surface area contributed by atoms with Gasteiger partial charge in [-0.3, -0.25) is 9.59 Å². The molecule has 3 amide bonds. The summed E-state index contributed by atoms with van der Waals surface area (Å²) in [4.78, 5) is 44.2. The Bertz CT molecular complexity index is 1700. The molecule has 0 aliphatic carbocycles. The van der Waals surface area contributed by atoms with E-state index in [1.54, 1.807) is 49.9 Å². The highest BCUT2D eigenvalue weighted by atomic mass is 16.6. The molecule has 0 saturated heterocycles. The number of aryl methyl sites for hydroxylation is 1. The summed E-state index contributed by atoms with van der Waals surface area (Å²) in [5.41, 5.74) is 2.16. The first-order valence-corrected chi connectivity index (χ1v) is 17.4. The molecule has 0 aliphatic rings. The van der Waals surface area contributed by atoms with Crippen LogP contribution < -0.4 is 10.6 Å². The van der Waals surface area contributed by atoms with Crippen molar-refractivity contribution >= 4 is 34.4 Å². The van der Waals surface area contributed by atoms with Gasteiger partial charge < -0.3 is 25.4 Å². The van der Waals surface area contributed by atoms with Crippen molar-refractivity contribution in [2.75, 3.05) is 11.9 Å². The van der Waals surface area contributed by atoms with Crippen LogP contribution >= 0.6 is 0 Å². The van der Waals surface area contributed by atoms with Crippen molar-refractivity contribution < 1.29 is 24.2 Å². The molecular formula is C41H51N3O5. The molecule has 0 aliphatic heterocycles. The average Bonchev–Trinajstić information content (AvgIpc) is 3.06. The molecule has 4 aromatic rings. The number of phenolic OH excluding ortho intramolecular Hbond substituents is 1. The van der Waals surface area contributed by atoms with Crippen LogP contribution in [0.5, 0.6) is 5.75 Å². The maximum Gasteiger partial charge on any atom is 0.408 e. The van der Waals surface area contributed by atoms with E-state index < -0.39 is 29.7 Å². The molecule has 0 aromatic heterocycles. The first-order valence-electron chi connectivity index (χ1n) is 17.4. The van der Waals surface area contributed by atoms with Gasteiger partial charge in [-0.1, -0.05) is 106 Å². The number of fused-ring (bicyclic) bond motifs is 1. The van der Waals surface area contributed by atoms with Crippen LogP contribution in [0.1, 0.15) is 89.0 Å². The lowest BCUT2D eigenvalue weighted by Crippen LogP contribution is -2.53. The van der Waals surface area contributed by atoms with E-state index in [0.29, 0.717) is 24.2 Å². The van der Waals surface area contributed by atoms with Crippen molar-refractivity contribution in [1.29, 1.82) is 0 Å². The summed E-state index contributed by atoms with van der Waals surface area (Å²) in [5, 5.41) is 17.9. The minimum Gasteiger partial charge on any atom is -0.508 e. The number of hydrogen-bond acceptors (Lipinski definition) is 5. The number of nitrogens with zero attached hydrogens (tertiary/aromatic N) is 1. The van der Waals surface area contributed by atoms with E-state index >= 15 is 0 Å². The van der Waals surface area contributed by atoms with E-state index in [-0.39, 0.29) is 18.1 Å². The van der Waals surface area contributed by atoms with E-state index in [0.717, 1.165) is 54.0 Å². The number of nitrogens with one attached hydrogen (secondary N) is 2. The number of aromatic hydroxyl groups is 1. The Morgan fingerprint density at radius 3 is 2.16 bits per heavy atom. The van der Waals surface area contributed by atoms with Crippen LogP contribution in [0.15, 0.2) is 91.0 Å². The van der Waals surface area contributed by atoms with Crippen LogP contribution in [-0.4, -0.2) is 46.1 Å². The Morgan fingerprint density at radius 1 is 0.816 bits per heavy atom. The van der Waals surface area contributed by atoms with E-state index in [1.165, 1.54) is 0 Å². The molecule has 49 heavy (non-hydrogen) atoms. The lowest BCUT2D eigenvalue weighted by atomic mass is 9.96. The maximum atomic E-state index is 14.9. The fourth-order valence-electron chi connectivity index (χ4n) is 5.97. The summed E-state index contributed by atoms with van der Waals surface area (Å²) in [5.74, 6) is -0.639. The predicted octanol–water partition coefficient (Wildman–Crippen LogP) is 8.86. The zero-order chi connectivity index (χ0) is 35.4. The third-order valence-corrected chi connectivity index (χ3v) is 8.46. The van der Waals surface area contributed by atoms with Gasteiger partial charge in [0.05, 0.1) is 0 Å². The number of carbonyl (C=O) groups excluding carboxylic acids is 3. The van der Waals surface area contributed by atoms with Gasteiger partial charge in [-0.05, 0) is 85.8 Å². The summed E-state index contributed by atoms with van der Waals surface area (Å²) >= 11 is 0. The highest BCUT2D eigenvalue weighted by molar-refractivity contribution is 6.00. The highest BCUT2D eigenvalue weighted by Crippen LogP contribution is 2.29. The fraction of sp³-hybridized carbons (Fsp3) is 0.390. The molecule has 8 heteroatoms. The lowest BCUT2D eigenvalue weighted by molar-refractivity contribution is -0.140. The lowest BCUT2D eigenvalue weighted by Gasteiger charge is -2.35. The standard InChI is InChI=1S/C41H51N3O5/c1-6-7-8-9-10-15-26-44(39(47)36(43-40(48)49-41(3,4)5)27-30-20-24-34(45)25-21-30)37(35-19-14-11-16-29(35)2)38(46)42-33-23-22-31-17-12-13-18-32(31)28-33/h11-14,16-25,28,36-37,45H,6-10,15,26-27H2,1-5H3,(H,42,46)(H,43,48). The second-order valence-corrected chi connectivity index (χ2v) is 13.7. The number of hydrogen-bond donors (Lipinski definition) is 3. The van der Waals surface area contributed by atoms with Gasteiger partial charge in [0, 0.05) is 18.7 Å². The zero-order valence-electron chi connectivity index (χ0n) is 29.5. The third kappa shape index (κ3) is 11.1. The minimum atomic E-state index is -1.04. The van der Waals surface area contributed by atoms with Gasteiger partial charge in [0.15, 0.2) is 0 Å². The second kappa shape index (κ2) is 17.5. The molecule has 0 heterocycles. The van der Waals surface area contributed by atoms with Gasteiger partial charge in [-0.2, -0.15) is 0 Å². The van der Waals surface area contributed by atoms with Gasteiger partial charge in [-0.15, -0.1) is 0 Å². The molecule has 0 saturated carbocycles. The van der Waals surface area contributed by atoms with Crippen LogP contribution in [0.2, 0.25) is 0 Å². The van der Waals surface area contributed by atoms with E-state index in [2.05, 4.69) is 17.6 Å². The van der Waals surface area contributed by atoms with Gasteiger partial charge >= 0.3 is 6.09 Å². The number of alkyl carbamates (subject to hydrolysis) is 1. The van der Waals surface area contributed by atoms with E-state index in [9.17, 15) is 19.5 Å². The molecule has 0 spiro atoms. The molecule has 4 aromatic carbocycles. The number of anilines is 1. The van der Waals surface area contributed by atoms with E-state index in [1.807, 2.05) is 73.7 Å². The van der Waals surface area contributed by atoms with Gasteiger partial charge in [0.1, 0.15) is 23.4 Å². The molecule has 4 rings (SSSR count). The topological polar surface area (TPSA) is 108 Å². The Kier molecular flexibility index (Phi) is 13.2. The first kappa shape index (κ1) is 37.0. The van der Waals surface area contributed by atoms with Crippen molar-refractivity contribution in [3.8, 4) is 5.75 Å². The average molecular weight is 666 g/mol. The summed E-state index contributed by atoms with van der Waals surface area (Å²) < 4.78 is 5.58. The predicted molar refractivity (Wildman–Crippen MR) is 197 cm³/mol. The zero-order valence-corrected chi connectivity index (χ0v) is 29.5. The number of ether oxygens (including phenoxy) is 1. The smallest absolute Gasteiger partial charge is 0.408 e. The number of rotatable bonds is 15. The highest BCUT2D eigenvalue weighted by Gasteiger charge is 2.37. The van der Waals surface area contributed by atoms with E-state index in [4.69, 9.17) is 4.74 Å². The Hall–Kier alpha value is -4.85. The third-order valence-electron chi connectivity index (χ3n) is 8.46. The molecule has 2 atom stereocenters. The normalized spacial score (nSPS) is 12.6. The van der Waals surface area contributed by atoms with Crippen LogP contribution in [-0.2, 0) is 20.7 Å². The largest absolute Gasteiger partial charge is 0.508 e. The SMILES string of the molecule is CCCCCCCCN(C(=O)C(Cc1ccc(O)cc1)NC(=O)OC(C)(C)C)C(C(=O)Nc1ccc2ccccc2c1)c1ccccc1C. The number of carbonyl (C=O) groups is 3. The molecule has 2 unspecified atom stereocenters. The van der Waals surface area contributed by atoms with Crippen molar-refractivity contribution in [3.05, 3.63) is 108 Å². The van der Waals surface area contributed by atoms with Gasteiger partial charge in [0.2, 0.25) is 5.91 Å². The quantitative estimate of drug-likeness (QED) is 0.110. The van der Waals surface area contributed by atoms with Crippen molar-refractivity contribution in [1.82, 2.24) is 10.2 Å². The molecular weight excluding hydrogens is 614 g/mol. The molecule has 0 radical (unpaired) electrons. The van der Waals surface area contributed by atoms with Gasteiger partial charge in [-0.25, -0.2) is 4.79 Å². The van der Waals surface area contributed by atoms with Crippen molar-refractivity contribution in [3.63, 3.8) is 0 Å². The maximum absolute atomic E-state index is 14.9. The molecule has 3 N–H and O–H groups in total. The fourth-order valence-corrected chi connectivity index (χ4v) is 5.97. The van der Waals surface area contributed by atoms with Crippen LogP contribution in [0.25, 0.3) is 10.8 Å². The molecule has 0 fully saturated rings.